The second-order valence-electron chi connectivity index (χ2n) is 6.85. The van der Waals surface area contributed by atoms with Crippen LogP contribution in [0.5, 0.6) is 0 Å². The van der Waals surface area contributed by atoms with E-state index in [1.165, 1.54) is 29.1 Å². The molecule has 0 unspecified atom stereocenters. The SMILES string of the molecule is Cc1nc(CN2CCC(Cn3ccnc3-c3ccccc3)CC2)cs1. The second-order valence-corrected chi connectivity index (χ2v) is 7.91. The highest BCUT2D eigenvalue weighted by atomic mass is 32.1. The molecule has 1 aliphatic heterocycles. The Morgan fingerprint density at radius 3 is 2.68 bits per heavy atom. The lowest BCUT2D eigenvalue weighted by molar-refractivity contribution is 0.166. The molecule has 0 aliphatic carbocycles. The monoisotopic (exact) mass is 352 g/mol. The smallest absolute Gasteiger partial charge is 0.139 e. The topological polar surface area (TPSA) is 34.0 Å². The molecule has 0 saturated carbocycles. The Balaban J connectivity index is 1.34. The van der Waals surface area contributed by atoms with Gasteiger partial charge in [0.05, 0.1) is 10.7 Å². The number of likely N-dealkylation sites (tertiary alicyclic amines) is 1. The summed E-state index contributed by atoms with van der Waals surface area (Å²) in [6.45, 7) is 6.47. The predicted molar refractivity (Wildman–Crippen MR) is 103 cm³/mol. The van der Waals surface area contributed by atoms with Gasteiger partial charge >= 0.3 is 0 Å². The van der Waals surface area contributed by atoms with Crippen LogP contribution in [0, 0.1) is 12.8 Å². The first kappa shape index (κ1) is 16.5. The van der Waals surface area contributed by atoms with Gasteiger partial charge in [0.2, 0.25) is 0 Å². The summed E-state index contributed by atoms with van der Waals surface area (Å²) >= 11 is 1.75. The molecule has 25 heavy (non-hydrogen) atoms. The maximum Gasteiger partial charge on any atom is 0.139 e. The molecule has 5 heteroatoms. The Bertz CT molecular complexity index is 800. The third kappa shape index (κ3) is 3.99. The molecule has 0 spiro atoms. The van der Waals surface area contributed by atoms with Crippen molar-refractivity contribution < 1.29 is 0 Å². The number of imidazole rings is 1. The van der Waals surface area contributed by atoms with Crippen LogP contribution in [0.4, 0.5) is 0 Å². The number of benzene rings is 1. The second kappa shape index (κ2) is 7.50. The van der Waals surface area contributed by atoms with Crippen molar-refractivity contribution in [1.29, 1.82) is 0 Å². The summed E-state index contributed by atoms with van der Waals surface area (Å²) in [5, 5.41) is 3.36. The number of rotatable bonds is 5. The molecule has 0 bridgehead atoms. The summed E-state index contributed by atoms with van der Waals surface area (Å²) in [5.74, 6) is 1.81. The first-order valence-corrected chi connectivity index (χ1v) is 9.86. The fourth-order valence-electron chi connectivity index (χ4n) is 3.62. The summed E-state index contributed by atoms with van der Waals surface area (Å²) < 4.78 is 2.32. The van der Waals surface area contributed by atoms with Crippen molar-refractivity contribution in [2.45, 2.75) is 32.9 Å². The van der Waals surface area contributed by atoms with Gasteiger partial charge in [-0.3, -0.25) is 4.90 Å². The Hall–Kier alpha value is -1.98. The van der Waals surface area contributed by atoms with Crippen LogP contribution in [-0.2, 0) is 13.1 Å². The van der Waals surface area contributed by atoms with Crippen molar-refractivity contribution in [3.8, 4) is 11.4 Å². The fourth-order valence-corrected chi connectivity index (χ4v) is 4.22. The summed E-state index contributed by atoms with van der Waals surface area (Å²) in [5.41, 5.74) is 2.42. The maximum absolute atomic E-state index is 4.59. The van der Waals surface area contributed by atoms with Gasteiger partial charge in [0.15, 0.2) is 0 Å². The Morgan fingerprint density at radius 1 is 1.16 bits per heavy atom. The summed E-state index contributed by atoms with van der Waals surface area (Å²) in [4.78, 5) is 11.7. The van der Waals surface area contributed by atoms with Crippen LogP contribution in [0.2, 0.25) is 0 Å². The summed E-state index contributed by atoms with van der Waals surface area (Å²) in [6.07, 6.45) is 6.53. The largest absolute Gasteiger partial charge is 0.331 e. The number of thiazole rings is 1. The van der Waals surface area contributed by atoms with Crippen molar-refractivity contribution >= 4 is 11.3 Å². The molecule has 1 fully saturated rings. The molecule has 3 heterocycles. The van der Waals surface area contributed by atoms with Gasteiger partial charge in [-0.15, -0.1) is 11.3 Å². The predicted octanol–water partition coefficient (Wildman–Crippen LogP) is 4.23. The minimum atomic E-state index is 0.727. The average Bonchev–Trinajstić information content (AvgIpc) is 3.26. The normalized spacial score (nSPS) is 16.4. The molecule has 1 aliphatic rings. The highest BCUT2D eigenvalue weighted by molar-refractivity contribution is 7.09. The molecule has 3 aromatic rings. The lowest BCUT2D eigenvalue weighted by Crippen LogP contribution is -2.34. The van der Waals surface area contributed by atoms with Gasteiger partial charge in [-0.25, -0.2) is 9.97 Å². The average molecular weight is 353 g/mol. The highest BCUT2D eigenvalue weighted by Crippen LogP contribution is 2.24. The maximum atomic E-state index is 4.59. The molecule has 0 atom stereocenters. The van der Waals surface area contributed by atoms with Gasteiger partial charge < -0.3 is 4.57 Å². The van der Waals surface area contributed by atoms with Crippen LogP contribution < -0.4 is 0 Å². The van der Waals surface area contributed by atoms with E-state index in [4.69, 9.17) is 0 Å². The zero-order chi connectivity index (χ0) is 17.1. The summed E-state index contributed by atoms with van der Waals surface area (Å²) in [6, 6.07) is 10.5. The van der Waals surface area contributed by atoms with Crippen molar-refractivity contribution in [2.24, 2.45) is 5.92 Å². The molecular formula is C20H24N4S. The van der Waals surface area contributed by atoms with Crippen LogP contribution in [0.3, 0.4) is 0 Å². The van der Waals surface area contributed by atoms with Crippen LogP contribution in [0.25, 0.3) is 11.4 Å². The van der Waals surface area contributed by atoms with E-state index in [2.05, 4.69) is 68.3 Å². The van der Waals surface area contributed by atoms with Crippen molar-refractivity contribution in [3.63, 3.8) is 0 Å². The van der Waals surface area contributed by atoms with Crippen molar-refractivity contribution in [1.82, 2.24) is 19.4 Å². The first-order chi connectivity index (χ1) is 12.3. The van der Waals surface area contributed by atoms with E-state index in [9.17, 15) is 0 Å². The minimum absolute atomic E-state index is 0.727. The van der Waals surface area contributed by atoms with Crippen LogP contribution >= 0.6 is 11.3 Å². The minimum Gasteiger partial charge on any atom is -0.331 e. The zero-order valence-electron chi connectivity index (χ0n) is 14.6. The molecule has 2 aromatic heterocycles. The number of aryl methyl sites for hydroxylation is 1. The van der Waals surface area contributed by atoms with Gasteiger partial charge in [-0.2, -0.15) is 0 Å². The van der Waals surface area contributed by atoms with Gasteiger partial charge in [0, 0.05) is 36.4 Å². The number of hydrogen-bond donors (Lipinski definition) is 0. The molecule has 1 saturated heterocycles. The van der Waals surface area contributed by atoms with Crippen LogP contribution in [0.15, 0.2) is 48.1 Å². The first-order valence-electron chi connectivity index (χ1n) is 8.98. The van der Waals surface area contributed by atoms with Gasteiger partial charge in [0.1, 0.15) is 5.82 Å². The molecule has 1 aromatic carbocycles. The molecule has 130 valence electrons. The van der Waals surface area contributed by atoms with Gasteiger partial charge in [-0.05, 0) is 38.8 Å². The van der Waals surface area contributed by atoms with Gasteiger partial charge in [0.25, 0.3) is 0 Å². The third-order valence-corrected chi connectivity index (χ3v) is 5.78. The van der Waals surface area contributed by atoms with E-state index in [1.807, 2.05) is 6.20 Å². The molecule has 0 N–H and O–H groups in total. The Kier molecular flexibility index (Phi) is 4.95. The van der Waals surface area contributed by atoms with Gasteiger partial charge in [-0.1, -0.05) is 30.3 Å². The van der Waals surface area contributed by atoms with Crippen LogP contribution in [-0.4, -0.2) is 32.5 Å². The Morgan fingerprint density at radius 2 is 1.96 bits per heavy atom. The van der Waals surface area contributed by atoms with E-state index in [1.54, 1.807) is 11.3 Å². The fraction of sp³-hybridized carbons (Fsp3) is 0.400. The van der Waals surface area contributed by atoms with Crippen molar-refractivity contribution in [2.75, 3.05) is 13.1 Å². The molecule has 0 radical (unpaired) electrons. The van der Waals surface area contributed by atoms with Crippen LogP contribution in [0.1, 0.15) is 23.5 Å². The third-order valence-electron chi connectivity index (χ3n) is 4.96. The van der Waals surface area contributed by atoms with Crippen molar-refractivity contribution in [3.05, 3.63) is 58.8 Å². The van der Waals surface area contributed by atoms with E-state index in [0.717, 1.165) is 37.9 Å². The van der Waals surface area contributed by atoms with E-state index >= 15 is 0 Å². The quantitative estimate of drug-likeness (QED) is 0.689. The number of nitrogens with zero attached hydrogens (tertiary/aromatic N) is 4. The zero-order valence-corrected chi connectivity index (χ0v) is 15.5. The summed E-state index contributed by atoms with van der Waals surface area (Å²) in [7, 11) is 0. The molecule has 4 nitrogen and oxygen atoms in total. The van der Waals surface area contributed by atoms with E-state index in [0.29, 0.717) is 0 Å². The molecular weight excluding hydrogens is 328 g/mol. The Labute approximate surface area is 153 Å². The number of aromatic nitrogens is 3. The standard InChI is InChI=1S/C20H24N4S/c1-16-22-19(15-25-16)14-23-10-7-17(8-11-23)13-24-12-9-21-20(24)18-5-3-2-4-6-18/h2-6,9,12,15,17H,7-8,10-11,13-14H2,1H3. The number of hydrogen-bond acceptors (Lipinski definition) is 4. The lowest BCUT2D eigenvalue weighted by Gasteiger charge is -2.31. The molecule has 0 amide bonds. The van der Waals surface area contributed by atoms with E-state index in [-0.39, 0.29) is 0 Å². The molecule has 4 rings (SSSR count). The highest BCUT2D eigenvalue weighted by Gasteiger charge is 2.21. The van der Waals surface area contributed by atoms with E-state index < -0.39 is 0 Å². The lowest BCUT2D eigenvalue weighted by atomic mass is 9.96. The number of piperidine rings is 1.